The lowest BCUT2D eigenvalue weighted by Crippen LogP contribution is -2.22. The lowest BCUT2D eigenvalue weighted by molar-refractivity contribution is 0.539. The average Bonchev–Trinajstić information content (AvgIpc) is 2.75. The summed E-state index contributed by atoms with van der Waals surface area (Å²) in [6, 6.07) is 0. The molecule has 0 aromatic carbocycles. The highest BCUT2D eigenvalue weighted by molar-refractivity contribution is 8.23. The van der Waals surface area contributed by atoms with E-state index in [4.69, 9.17) is 12.2 Å². The number of aryl methyl sites for hydroxylation is 1. The first-order valence-corrected chi connectivity index (χ1v) is 6.52. The summed E-state index contributed by atoms with van der Waals surface area (Å²) in [7, 11) is 0. The van der Waals surface area contributed by atoms with Crippen molar-refractivity contribution in [1.82, 2.24) is 14.3 Å². The van der Waals surface area contributed by atoms with Crippen molar-refractivity contribution >= 4 is 39.8 Å². The molecule has 0 N–H and O–H groups in total. The summed E-state index contributed by atoms with van der Waals surface area (Å²) in [6.07, 6.45) is 2.52. The Labute approximate surface area is 97.1 Å². The van der Waals surface area contributed by atoms with Gasteiger partial charge in [-0.2, -0.15) is 4.37 Å². The van der Waals surface area contributed by atoms with E-state index in [1.807, 2.05) is 6.92 Å². The fraction of sp³-hybridized carbons (Fsp3) is 0.625. The van der Waals surface area contributed by atoms with Gasteiger partial charge in [0.1, 0.15) is 10.1 Å². The van der Waals surface area contributed by atoms with Crippen molar-refractivity contribution in [1.29, 1.82) is 0 Å². The van der Waals surface area contributed by atoms with E-state index in [1.165, 1.54) is 24.4 Å². The standard InChI is InChI=1S/C8H11N3S3/c1-6-9-7(14-10-6)13-8(12)11-4-2-3-5-11/h2-5H2,1H3. The molecule has 76 valence electrons. The van der Waals surface area contributed by atoms with Crippen LogP contribution in [0.4, 0.5) is 0 Å². The summed E-state index contributed by atoms with van der Waals surface area (Å²) < 4.78 is 6.03. The summed E-state index contributed by atoms with van der Waals surface area (Å²) >= 11 is 8.32. The molecular formula is C8H11N3S3. The largest absolute Gasteiger partial charge is 0.357 e. The summed E-state index contributed by atoms with van der Waals surface area (Å²) in [4.78, 5) is 6.53. The highest BCUT2D eigenvalue weighted by atomic mass is 32.2. The lowest BCUT2D eigenvalue weighted by atomic mass is 10.4. The molecule has 0 bridgehead atoms. The maximum absolute atomic E-state index is 5.33. The van der Waals surface area contributed by atoms with Crippen molar-refractivity contribution in [2.45, 2.75) is 24.1 Å². The molecule has 1 aliphatic heterocycles. The maximum atomic E-state index is 5.33. The van der Waals surface area contributed by atoms with Gasteiger partial charge in [-0.15, -0.1) is 0 Å². The van der Waals surface area contributed by atoms with Crippen molar-refractivity contribution in [3.8, 4) is 0 Å². The van der Waals surface area contributed by atoms with E-state index in [0.717, 1.165) is 27.6 Å². The lowest BCUT2D eigenvalue weighted by Gasteiger charge is -2.15. The Balaban J connectivity index is 1.93. The Morgan fingerprint density at radius 1 is 1.50 bits per heavy atom. The molecule has 6 heteroatoms. The van der Waals surface area contributed by atoms with E-state index in [-0.39, 0.29) is 0 Å². The van der Waals surface area contributed by atoms with Gasteiger partial charge in [0.15, 0.2) is 4.34 Å². The van der Waals surface area contributed by atoms with Gasteiger partial charge in [0.25, 0.3) is 0 Å². The van der Waals surface area contributed by atoms with Crippen LogP contribution in [0.2, 0.25) is 0 Å². The number of thioether (sulfide) groups is 1. The molecule has 0 radical (unpaired) electrons. The fourth-order valence-corrected chi connectivity index (χ4v) is 3.50. The van der Waals surface area contributed by atoms with Gasteiger partial charge >= 0.3 is 0 Å². The molecule has 0 saturated carbocycles. The zero-order valence-electron chi connectivity index (χ0n) is 7.89. The van der Waals surface area contributed by atoms with Crippen LogP contribution in [0.3, 0.4) is 0 Å². The quantitative estimate of drug-likeness (QED) is 0.559. The molecule has 1 aromatic heterocycles. The van der Waals surface area contributed by atoms with Crippen LogP contribution in [0.5, 0.6) is 0 Å². The summed E-state index contributed by atoms with van der Waals surface area (Å²) in [5.74, 6) is 0.835. The summed E-state index contributed by atoms with van der Waals surface area (Å²) in [6.45, 7) is 4.10. The predicted octanol–water partition coefficient (Wildman–Crippen LogP) is 2.32. The highest BCUT2D eigenvalue weighted by Gasteiger charge is 2.16. The average molecular weight is 245 g/mol. The van der Waals surface area contributed by atoms with Gasteiger partial charge in [-0.3, -0.25) is 0 Å². The van der Waals surface area contributed by atoms with Crippen molar-refractivity contribution in [2.75, 3.05) is 13.1 Å². The molecule has 14 heavy (non-hydrogen) atoms. The third-order valence-corrected chi connectivity index (χ3v) is 4.33. The van der Waals surface area contributed by atoms with Crippen LogP contribution < -0.4 is 0 Å². The van der Waals surface area contributed by atoms with Gasteiger partial charge in [-0.05, 0) is 43.1 Å². The number of rotatable bonds is 1. The number of hydrogen-bond acceptors (Lipinski definition) is 5. The van der Waals surface area contributed by atoms with E-state index in [2.05, 4.69) is 14.3 Å². The van der Waals surface area contributed by atoms with Crippen LogP contribution in [0.25, 0.3) is 0 Å². The first-order chi connectivity index (χ1) is 6.75. The van der Waals surface area contributed by atoms with Gasteiger partial charge < -0.3 is 4.90 Å². The zero-order chi connectivity index (χ0) is 9.97. The number of hydrogen-bond donors (Lipinski definition) is 0. The Morgan fingerprint density at radius 3 is 2.79 bits per heavy atom. The number of nitrogens with zero attached hydrogens (tertiary/aromatic N) is 3. The van der Waals surface area contributed by atoms with Crippen LogP contribution in [-0.2, 0) is 0 Å². The molecule has 2 heterocycles. The monoisotopic (exact) mass is 245 g/mol. The Morgan fingerprint density at radius 2 is 2.21 bits per heavy atom. The van der Waals surface area contributed by atoms with Gasteiger partial charge in [0.2, 0.25) is 0 Å². The van der Waals surface area contributed by atoms with E-state index in [1.54, 1.807) is 11.8 Å². The summed E-state index contributed by atoms with van der Waals surface area (Å²) in [5.41, 5.74) is 0. The maximum Gasteiger partial charge on any atom is 0.177 e. The summed E-state index contributed by atoms with van der Waals surface area (Å²) in [5, 5.41) is 0. The number of likely N-dealkylation sites (tertiary alicyclic amines) is 1. The molecule has 0 amide bonds. The van der Waals surface area contributed by atoms with Gasteiger partial charge in [0.05, 0.1) is 0 Å². The van der Waals surface area contributed by atoms with E-state index in [9.17, 15) is 0 Å². The SMILES string of the molecule is Cc1nsc(SC(=S)N2CCCC2)n1. The number of aromatic nitrogens is 2. The molecule has 2 rings (SSSR count). The second kappa shape index (κ2) is 4.55. The van der Waals surface area contributed by atoms with Crippen molar-refractivity contribution in [3.63, 3.8) is 0 Å². The van der Waals surface area contributed by atoms with Crippen molar-refractivity contribution < 1.29 is 0 Å². The normalized spacial score (nSPS) is 16.2. The molecule has 0 atom stereocenters. The molecule has 0 aliphatic carbocycles. The van der Waals surface area contributed by atoms with E-state index in [0.29, 0.717) is 0 Å². The van der Waals surface area contributed by atoms with Crippen LogP contribution in [-0.4, -0.2) is 31.7 Å². The van der Waals surface area contributed by atoms with Gasteiger partial charge in [-0.25, -0.2) is 4.98 Å². The first kappa shape index (κ1) is 10.3. The second-order valence-corrected chi connectivity index (χ2v) is 5.80. The molecule has 1 fully saturated rings. The predicted molar refractivity (Wildman–Crippen MR) is 63.9 cm³/mol. The Bertz CT molecular complexity index is 330. The van der Waals surface area contributed by atoms with Crippen LogP contribution in [0.15, 0.2) is 4.34 Å². The smallest absolute Gasteiger partial charge is 0.177 e. The van der Waals surface area contributed by atoms with Crippen LogP contribution >= 0.6 is 35.5 Å². The zero-order valence-corrected chi connectivity index (χ0v) is 10.3. The minimum absolute atomic E-state index is 0.835. The van der Waals surface area contributed by atoms with Gasteiger partial charge in [0, 0.05) is 13.1 Å². The van der Waals surface area contributed by atoms with Crippen LogP contribution in [0.1, 0.15) is 18.7 Å². The molecular weight excluding hydrogens is 234 g/mol. The molecule has 0 unspecified atom stereocenters. The topological polar surface area (TPSA) is 29.0 Å². The van der Waals surface area contributed by atoms with E-state index < -0.39 is 0 Å². The van der Waals surface area contributed by atoms with Crippen LogP contribution in [0, 0.1) is 6.92 Å². The van der Waals surface area contributed by atoms with E-state index >= 15 is 0 Å². The molecule has 1 saturated heterocycles. The number of thiocarbonyl (C=S) groups is 1. The Kier molecular flexibility index (Phi) is 3.35. The minimum atomic E-state index is 0.835. The fourth-order valence-electron chi connectivity index (χ4n) is 1.36. The molecule has 3 nitrogen and oxygen atoms in total. The second-order valence-electron chi connectivity index (χ2n) is 3.17. The van der Waals surface area contributed by atoms with Gasteiger partial charge in [-0.1, -0.05) is 12.2 Å². The Hall–Kier alpha value is -0.200. The highest BCUT2D eigenvalue weighted by Crippen LogP contribution is 2.25. The first-order valence-electron chi connectivity index (χ1n) is 4.53. The molecule has 1 aliphatic rings. The molecule has 0 spiro atoms. The van der Waals surface area contributed by atoms with Crippen molar-refractivity contribution in [3.05, 3.63) is 5.82 Å². The van der Waals surface area contributed by atoms with Crippen molar-refractivity contribution in [2.24, 2.45) is 0 Å². The molecule has 1 aromatic rings. The minimum Gasteiger partial charge on any atom is -0.357 e. The third kappa shape index (κ3) is 2.43. The third-order valence-electron chi connectivity index (χ3n) is 2.05.